The first-order chi connectivity index (χ1) is 9.43. The Kier molecular flexibility index (Phi) is 6.48. The molecule has 2 N–H and O–H groups in total. The van der Waals surface area contributed by atoms with Crippen LogP contribution in [0.25, 0.3) is 0 Å². The molecule has 5 heteroatoms. The van der Waals surface area contributed by atoms with Gasteiger partial charge in [-0.3, -0.25) is 4.90 Å². The summed E-state index contributed by atoms with van der Waals surface area (Å²) in [7, 11) is 1.72. The minimum Gasteiger partial charge on any atom is -0.550 e. The highest BCUT2D eigenvalue weighted by Gasteiger charge is 2.27. The van der Waals surface area contributed by atoms with Crippen LogP contribution in [0.4, 0.5) is 5.69 Å². The van der Waals surface area contributed by atoms with E-state index in [1.54, 1.807) is 12.0 Å². The zero-order valence-electron chi connectivity index (χ0n) is 12.6. The molecular formula is C15H24N2O3. The van der Waals surface area contributed by atoms with Gasteiger partial charge in [0.05, 0.1) is 19.7 Å². The average molecular weight is 280 g/mol. The second-order valence-corrected chi connectivity index (χ2v) is 5.16. The molecule has 1 aliphatic heterocycles. The SMILES string of the molecule is CC(=O)[O-].COc1cccc([NH+]2C[C@H](C)NC[C@H]2C)c1. The molecule has 3 atom stereocenters. The summed E-state index contributed by atoms with van der Waals surface area (Å²) < 4.78 is 5.28. The molecule has 1 aromatic rings. The molecule has 0 bridgehead atoms. The summed E-state index contributed by atoms with van der Waals surface area (Å²) in [6.07, 6.45) is 0. The van der Waals surface area contributed by atoms with E-state index in [1.807, 2.05) is 6.07 Å². The number of methoxy groups -OCH3 is 1. The molecule has 1 fully saturated rings. The molecule has 1 aromatic carbocycles. The minimum absolute atomic E-state index is 0.581. The van der Waals surface area contributed by atoms with E-state index in [0.29, 0.717) is 12.1 Å². The van der Waals surface area contributed by atoms with Crippen LogP contribution >= 0.6 is 0 Å². The first-order valence-electron chi connectivity index (χ1n) is 6.85. The van der Waals surface area contributed by atoms with E-state index >= 15 is 0 Å². The summed E-state index contributed by atoms with van der Waals surface area (Å²) in [5.41, 5.74) is 1.33. The molecule has 1 aliphatic rings. The van der Waals surface area contributed by atoms with E-state index in [9.17, 15) is 0 Å². The number of hydrogen-bond acceptors (Lipinski definition) is 4. The Labute approximate surface area is 120 Å². The zero-order chi connectivity index (χ0) is 15.1. The Morgan fingerprint density at radius 1 is 1.45 bits per heavy atom. The van der Waals surface area contributed by atoms with Gasteiger partial charge in [-0.2, -0.15) is 0 Å². The van der Waals surface area contributed by atoms with Crippen molar-refractivity contribution in [3.63, 3.8) is 0 Å². The summed E-state index contributed by atoms with van der Waals surface area (Å²) in [5, 5.41) is 12.4. The predicted molar refractivity (Wildman–Crippen MR) is 76.1 cm³/mol. The normalized spacial score (nSPS) is 25.3. The van der Waals surface area contributed by atoms with E-state index < -0.39 is 5.97 Å². The van der Waals surface area contributed by atoms with E-state index in [-0.39, 0.29) is 0 Å². The molecule has 0 amide bonds. The molecule has 1 heterocycles. The van der Waals surface area contributed by atoms with Crippen LogP contribution < -0.4 is 20.1 Å². The number of piperazine rings is 1. The highest BCUT2D eigenvalue weighted by atomic mass is 16.5. The number of carbonyl (C=O) groups excluding carboxylic acids is 1. The fraction of sp³-hybridized carbons (Fsp3) is 0.533. The molecule has 1 saturated heterocycles. The maximum Gasteiger partial charge on any atom is 0.135 e. The van der Waals surface area contributed by atoms with Gasteiger partial charge in [-0.15, -0.1) is 0 Å². The van der Waals surface area contributed by atoms with Crippen molar-refractivity contribution >= 4 is 11.7 Å². The van der Waals surface area contributed by atoms with Crippen LogP contribution in [0.1, 0.15) is 20.8 Å². The highest BCUT2D eigenvalue weighted by Crippen LogP contribution is 2.14. The molecule has 0 saturated carbocycles. The molecule has 0 aliphatic carbocycles. The highest BCUT2D eigenvalue weighted by molar-refractivity contribution is 5.60. The van der Waals surface area contributed by atoms with Gasteiger partial charge in [0.1, 0.15) is 17.5 Å². The maximum atomic E-state index is 8.89. The fourth-order valence-electron chi connectivity index (χ4n) is 2.33. The number of nitrogens with one attached hydrogen (secondary N) is 2. The molecule has 2 rings (SSSR count). The van der Waals surface area contributed by atoms with Gasteiger partial charge in [-0.1, -0.05) is 6.07 Å². The molecule has 20 heavy (non-hydrogen) atoms. The van der Waals surface area contributed by atoms with Crippen molar-refractivity contribution in [2.45, 2.75) is 32.9 Å². The van der Waals surface area contributed by atoms with Crippen molar-refractivity contribution in [3.05, 3.63) is 24.3 Å². The number of carboxylic acids is 1. The van der Waals surface area contributed by atoms with Crippen molar-refractivity contribution in [1.82, 2.24) is 5.32 Å². The number of aliphatic carboxylic acids is 1. The summed E-state index contributed by atoms with van der Waals surface area (Å²) in [4.78, 5) is 10.4. The monoisotopic (exact) mass is 280 g/mol. The molecule has 112 valence electrons. The number of quaternary nitrogens is 1. The standard InChI is InChI=1S/C13H20N2O.C2H4O2/c1-10-9-15(11(2)8-14-10)12-5-4-6-13(7-12)16-3;1-2(3)4/h4-7,10-11,14H,8-9H2,1-3H3;1H3,(H,3,4)/t10-,11+;/m0./s1. The Bertz CT molecular complexity index is 433. The van der Waals surface area contributed by atoms with Crippen molar-refractivity contribution in [2.24, 2.45) is 0 Å². The van der Waals surface area contributed by atoms with E-state index in [4.69, 9.17) is 14.6 Å². The molecule has 0 spiro atoms. The largest absolute Gasteiger partial charge is 0.550 e. The van der Waals surface area contributed by atoms with Crippen molar-refractivity contribution in [3.8, 4) is 5.75 Å². The second-order valence-electron chi connectivity index (χ2n) is 5.16. The number of hydrogen-bond donors (Lipinski definition) is 2. The molecule has 5 nitrogen and oxygen atoms in total. The summed E-state index contributed by atoms with van der Waals surface area (Å²) >= 11 is 0. The van der Waals surface area contributed by atoms with E-state index in [1.165, 1.54) is 5.69 Å². The van der Waals surface area contributed by atoms with Crippen LogP contribution in [0.3, 0.4) is 0 Å². The lowest BCUT2D eigenvalue weighted by Gasteiger charge is -2.34. The molecule has 0 aromatic heterocycles. The number of rotatable bonds is 2. The third-order valence-electron chi connectivity index (χ3n) is 3.33. The number of benzene rings is 1. The number of carbonyl (C=O) groups is 1. The molecule has 1 unspecified atom stereocenters. The van der Waals surface area contributed by atoms with Gasteiger partial charge in [0.2, 0.25) is 0 Å². The van der Waals surface area contributed by atoms with Crippen LogP contribution in [-0.2, 0) is 4.79 Å². The van der Waals surface area contributed by atoms with Gasteiger partial charge in [-0.25, -0.2) is 0 Å². The Balaban J connectivity index is 0.000000444. The van der Waals surface area contributed by atoms with Gasteiger partial charge in [0, 0.05) is 18.6 Å². The van der Waals surface area contributed by atoms with Crippen LogP contribution in [0.2, 0.25) is 0 Å². The molecule has 0 radical (unpaired) electrons. The topological polar surface area (TPSA) is 65.8 Å². The van der Waals surface area contributed by atoms with Crippen molar-refractivity contribution in [2.75, 3.05) is 20.2 Å². The van der Waals surface area contributed by atoms with Crippen LogP contribution in [0, 0.1) is 0 Å². The van der Waals surface area contributed by atoms with E-state index in [2.05, 4.69) is 37.4 Å². The van der Waals surface area contributed by atoms with Gasteiger partial charge < -0.3 is 20.0 Å². The maximum absolute atomic E-state index is 8.89. The third kappa shape index (κ3) is 5.19. The Morgan fingerprint density at radius 2 is 2.10 bits per heavy atom. The van der Waals surface area contributed by atoms with Crippen molar-refractivity contribution in [1.29, 1.82) is 0 Å². The Morgan fingerprint density at radius 3 is 2.70 bits per heavy atom. The quantitative estimate of drug-likeness (QED) is 0.755. The van der Waals surface area contributed by atoms with Crippen LogP contribution in [0.5, 0.6) is 5.75 Å². The lowest BCUT2D eigenvalue weighted by atomic mass is 10.1. The number of ether oxygens (including phenoxy) is 1. The number of carboxylic acid groups (broad SMARTS) is 1. The third-order valence-corrected chi connectivity index (χ3v) is 3.33. The lowest BCUT2D eigenvalue weighted by molar-refractivity contribution is -0.863. The average Bonchev–Trinajstić information content (AvgIpc) is 2.41. The zero-order valence-corrected chi connectivity index (χ0v) is 12.6. The summed E-state index contributed by atoms with van der Waals surface area (Å²) in [5.74, 6) is -0.136. The molecular weight excluding hydrogens is 256 g/mol. The summed E-state index contributed by atoms with van der Waals surface area (Å²) in [6, 6.07) is 9.59. The van der Waals surface area contributed by atoms with Crippen LogP contribution in [0.15, 0.2) is 24.3 Å². The lowest BCUT2D eigenvalue weighted by Crippen LogP contribution is -3.14. The van der Waals surface area contributed by atoms with Crippen LogP contribution in [-0.4, -0.2) is 38.3 Å². The van der Waals surface area contributed by atoms with Gasteiger partial charge in [0.15, 0.2) is 0 Å². The second kappa shape index (κ2) is 7.87. The van der Waals surface area contributed by atoms with Gasteiger partial charge in [0.25, 0.3) is 0 Å². The fourth-order valence-corrected chi connectivity index (χ4v) is 2.33. The Hall–Kier alpha value is -1.59. The van der Waals surface area contributed by atoms with Gasteiger partial charge in [-0.05, 0) is 32.9 Å². The smallest absolute Gasteiger partial charge is 0.135 e. The van der Waals surface area contributed by atoms with Gasteiger partial charge >= 0.3 is 0 Å². The summed E-state index contributed by atoms with van der Waals surface area (Å²) in [6.45, 7) is 7.71. The van der Waals surface area contributed by atoms with E-state index in [0.717, 1.165) is 25.8 Å². The first kappa shape index (κ1) is 16.5. The van der Waals surface area contributed by atoms with Crippen molar-refractivity contribution < 1.29 is 19.5 Å². The first-order valence-corrected chi connectivity index (χ1v) is 6.85. The minimum atomic E-state index is -1.08. The predicted octanol–water partition coefficient (Wildman–Crippen LogP) is -0.652.